The van der Waals surface area contributed by atoms with Crippen molar-refractivity contribution in [1.82, 2.24) is 0 Å². The third kappa shape index (κ3) is 12.7. The van der Waals surface area contributed by atoms with Crippen LogP contribution in [-0.4, -0.2) is 20.0 Å². The van der Waals surface area contributed by atoms with Crippen LogP contribution in [0.25, 0.3) is 0 Å². The first-order chi connectivity index (χ1) is 13.1. The topological polar surface area (TPSA) is 0 Å². The van der Waals surface area contributed by atoms with Gasteiger partial charge in [0.15, 0.2) is 0 Å². The molecule has 156 valence electrons. The molecule has 1 unspecified atom stereocenters. The number of benzene rings is 1. The maximum Gasteiger partial charge on any atom is 0.0937 e. The summed E-state index contributed by atoms with van der Waals surface area (Å²) in [6, 6.07) is 11.3. The molecule has 0 saturated carbocycles. The third-order valence-corrected chi connectivity index (χ3v) is 8.38. The number of hydrogen-bond acceptors (Lipinski definition) is 0. The lowest BCUT2D eigenvalue weighted by Gasteiger charge is -2.25. The van der Waals surface area contributed by atoms with E-state index in [4.69, 9.17) is 0 Å². The van der Waals surface area contributed by atoms with Crippen LogP contribution in [0, 0.1) is 0 Å². The van der Waals surface area contributed by atoms with Crippen LogP contribution in [0.1, 0.15) is 114 Å². The van der Waals surface area contributed by atoms with Crippen molar-refractivity contribution in [3.05, 3.63) is 35.9 Å². The van der Waals surface area contributed by atoms with E-state index in [1.807, 2.05) is 0 Å². The Bertz CT molecular complexity index is 431. The third-order valence-electron chi connectivity index (χ3n) is 5.95. The van der Waals surface area contributed by atoms with Crippen LogP contribution < -0.4 is 0 Å². The van der Waals surface area contributed by atoms with E-state index in [-0.39, 0.29) is 0 Å². The second-order valence-electron chi connectivity index (χ2n) is 9.43. The zero-order valence-corrected chi connectivity index (χ0v) is 19.9. The van der Waals surface area contributed by atoms with Gasteiger partial charge in [-0.3, -0.25) is 0 Å². The fraction of sp³-hybridized carbons (Fsp3) is 0.769. The Morgan fingerprint density at radius 1 is 0.593 bits per heavy atom. The van der Waals surface area contributed by atoms with E-state index in [0.717, 1.165) is 5.66 Å². The summed E-state index contributed by atoms with van der Waals surface area (Å²) in [5.74, 6) is 0. The molecule has 0 aliphatic rings. The van der Waals surface area contributed by atoms with Crippen LogP contribution >= 0.6 is 7.26 Å². The Balaban J connectivity index is 2.00. The van der Waals surface area contributed by atoms with Gasteiger partial charge in [-0.15, -0.1) is 0 Å². The molecule has 1 aromatic carbocycles. The zero-order chi connectivity index (χ0) is 19.8. The van der Waals surface area contributed by atoms with Gasteiger partial charge in [0.1, 0.15) is 0 Å². The predicted octanol–water partition coefficient (Wildman–Crippen LogP) is 9.51. The van der Waals surface area contributed by atoms with Crippen LogP contribution in [-0.2, 0) is 0 Å². The second kappa shape index (κ2) is 15.6. The van der Waals surface area contributed by atoms with Crippen molar-refractivity contribution in [3.63, 3.8) is 0 Å². The number of hydrogen-bond donors (Lipinski definition) is 0. The molecule has 1 atom stereocenters. The number of rotatable bonds is 17. The number of unbranched alkanes of at least 4 members (excludes halogenated alkanes) is 13. The fourth-order valence-corrected chi connectivity index (χ4v) is 6.23. The summed E-state index contributed by atoms with van der Waals surface area (Å²) in [5.41, 5.74) is 2.38. The minimum atomic E-state index is -0.834. The first kappa shape index (κ1) is 24.7. The maximum absolute atomic E-state index is 2.51. The van der Waals surface area contributed by atoms with Crippen molar-refractivity contribution >= 4 is 7.26 Å². The molecule has 0 aliphatic carbocycles. The van der Waals surface area contributed by atoms with Crippen molar-refractivity contribution in [2.75, 3.05) is 20.0 Å². The first-order valence-electron chi connectivity index (χ1n) is 11.9. The summed E-state index contributed by atoms with van der Waals surface area (Å²) in [4.78, 5) is 0. The van der Waals surface area contributed by atoms with E-state index in [1.165, 1.54) is 96.3 Å². The van der Waals surface area contributed by atoms with Crippen molar-refractivity contribution < 1.29 is 0 Å². The van der Waals surface area contributed by atoms with E-state index in [2.05, 4.69) is 57.3 Å². The Kier molecular flexibility index (Phi) is 14.2. The molecule has 0 saturated heterocycles. The normalized spacial score (nSPS) is 13.0. The van der Waals surface area contributed by atoms with E-state index in [9.17, 15) is 0 Å². The molecule has 0 amide bonds. The maximum atomic E-state index is 2.51. The van der Waals surface area contributed by atoms with Gasteiger partial charge in [0.25, 0.3) is 0 Å². The Morgan fingerprint density at radius 3 is 1.41 bits per heavy atom. The molecule has 0 fully saturated rings. The lowest BCUT2D eigenvalue weighted by Crippen LogP contribution is -2.03. The summed E-state index contributed by atoms with van der Waals surface area (Å²) in [5, 5.41) is 0. The van der Waals surface area contributed by atoms with Gasteiger partial charge in [-0.25, -0.2) is 0 Å². The van der Waals surface area contributed by atoms with Crippen molar-refractivity contribution in [3.8, 4) is 0 Å². The minimum Gasteiger partial charge on any atom is -0.0654 e. The van der Waals surface area contributed by atoms with E-state index >= 15 is 0 Å². The molecule has 0 nitrogen and oxygen atoms in total. The lowest BCUT2D eigenvalue weighted by atomic mass is 10.0. The second-order valence-corrected chi connectivity index (χ2v) is 14.3. The summed E-state index contributed by atoms with van der Waals surface area (Å²) >= 11 is 0. The molecule has 0 bridgehead atoms. The van der Waals surface area contributed by atoms with Gasteiger partial charge < -0.3 is 0 Å². The summed E-state index contributed by atoms with van der Waals surface area (Å²) < 4.78 is 0. The summed E-state index contributed by atoms with van der Waals surface area (Å²) in [6.45, 7) is 9.82. The highest BCUT2D eigenvalue weighted by Crippen LogP contribution is 2.62. The van der Waals surface area contributed by atoms with Gasteiger partial charge in [0, 0.05) is 27.3 Å². The van der Waals surface area contributed by atoms with Crippen LogP contribution in [0.15, 0.2) is 30.3 Å². The molecular formula is C26H48P+. The molecule has 0 heterocycles. The van der Waals surface area contributed by atoms with Crippen LogP contribution in [0.5, 0.6) is 0 Å². The van der Waals surface area contributed by atoms with Crippen molar-refractivity contribution in [1.29, 1.82) is 0 Å². The van der Waals surface area contributed by atoms with Gasteiger partial charge in [-0.1, -0.05) is 121 Å². The lowest BCUT2D eigenvalue weighted by molar-refractivity contribution is 0.531. The predicted molar refractivity (Wildman–Crippen MR) is 129 cm³/mol. The molecule has 27 heavy (non-hydrogen) atoms. The average molecular weight is 392 g/mol. The molecule has 0 spiro atoms. The highest BCUT2D eigenvalue weighted by Gasteiger charge is 2.31. The van der Waals surface area contributed by atoms with Gasteiger partial charge in [-0.05, 0) is 18.4 Å². The molecule has 0 aromatic heterocycles. The van der Waals surface area contributed by atoms with Crippen molar-refractivity contribution in [2.24, 2.45) is 0 Å². The Labute approximate surface area is 172 Å². The minimum absolute atomic E-state index is 0.802. The highest BCUT2D eigenvalue weighted by atomic mass is 31.2. The molecule has 1 aromatic rings. The largest absolute Gasteiger partial charge is 0.0937 e. The average Bonchev–Trinajstić information content (AvgIpc) is 2.64. The molecule has 1 rings (SSSR count). The molecular weight excluding hydrogens is 343 g/mol. The van der Waals surface area contributed by atoms with Gasteiger partial charge in [0.05, 0.1) is 5.66 Å². The molecule has 0 radical (unpaired) electrons. The standard InChI is InChI=1S/C26H48P/c1-5-6-7-8-9-10-11-12-13-14-15-16-17-21-24-26(27(2,3)4)25-22-19-18-20-23-25/h18-20,22-23,26H,5-17,21,24H2,1-4H3/q+1. The monoisotopic (exact) mass is 391 g/mol. The van der Waals surface area contributed by atoms with E-state index in [1.54, 1.807) is 5.56 Å². The van der Waals surface area contributed by atoms with Crippen LogP contribution in [0.4, 0.5) is 0 Å². The molecule has 0 aliphatic heterocycles. The van der Waals surface area contributed by atoms with Gasteiger partial charge in [0.2, 0.25) is 0 Å². The first-order valence-corrected chi connectivity index (χ1v) is 15.1. The van der Waals surface area contributed by atoms with Gasteiger partial charge in [-0.2, -0.15) is 0 Å². The van der Waals surface area contributed by atoms with Crippen LogP contribution in [0.2, 0.25) is 0 Å². The SMILES string of the molecule is CCCCCCCCCCCCCCCCC(c1ccccc1)[P+](C)(C)C. The smallest absolute Gasteiger partial charge is 0.0654 e. The van der Waals surface area contributed by atoms with Crippen LogP contribution in [0.3, 0.4) is 0 Å². The summed E-state index contributed by atoms with van der Waals surface area (Å²) in [7, 11) is -0.834. The Hall–Kier alpha value is -0.350. The Morgan fingerprint density at radius 2 is 1.00 bits per heavy atom. The molecule has 1 heteroatoms. The molecule has 0 N–H and O–H groups in total. The van der Waals surface area contributed by atoms with E-state index in [0.29, 0.717) is 0 Å². The highest BCUT2D eigenvalue weighted by molar-refractivity contribution is 7.74. The fourth-order valence-electron chi connectivity index (χ4n) is 4.21. The zero-order valence-electron chi connectivity index (χ0n) is 19.0. The summed E-state index contributed by atoms with van der Waals surface area (Å²) in [6.07, 6.45) is 21.7. The van der Waals surface area contributed by atoms with Crippen molar-refractivity contribution in [2.45, 2.75) is 109 Å². The van der Waals surface area contributed by atoms with E-state index < -0.39 is 7.26 Å². The quantitative estimate of drug-likeness (QED) is 0.183. The van der Waals surface area contributed by atoms with Gasteiger partial charge >= 0.3 is 0 Å².